The molecule has 0 atom stereocenters. The molecule has 2 rings (SSSR count). The van der Waals surface area contributed by atoms with E-state index in [2.05, 4.69) is 34.5 Å². The number of nitrogens with one attached hydrogen (secondary N) is 2. The summed E-state index contributed by atoms with van der Waals surface area (Å²) in [5, 5.41) is 7.78. The van der Waals surface area contributed by atoms with Gasteiger partial charge in [-0.2, -0.15) is 0 Å². The van der Waals surface area contributed by atoms with Crippen molar-refractivity contribution in [2.75, 3.05) is 33.7 Å². The first-order valence-electron chi connectivity index (χ1n) is 9.66. The van der Waals surface area contributed by atoms with Crippen LogP contribution in [0.15, 0.2) is 29.3 Å². The first-order valence-corrected chi connectivity index (χ1v) is 10.5. The van der Waals surface area contributed by atoms with Gasteiger partial charge >= 0.3 is 0 Å². The minimum Gasteiger partial charge on any atom is -0.357 e. The Morgan fingerprint density at radius 1 is 1.21 bits per heavy atom. The molecule has 2 N–H and O–H groups in total. The van der Waals surface area contributed by atoms with E-state index in [0.29, 0.717) is 6.54 Å². The summed E-state index contributed by atoms with van der Waals surface area (Å²) < 4.78 is 0. The fraction of sp³-hybridized carbons (Fsp3) is 0.476. The second kappa shape index (κ2) is 10.8. The molecule has 0 saturated heterocycles. The standard InChI is InChI=1S/C21H31N5OS/c1-6-22-21(24-13-11-19-25-15(2)16(3)28-19)23-12-10-17-8-7-9-18(14-17)20(27)26(4)5/h7-9,14H,6,10-13H2,1-5H3,(H2,22,23,24). The number of nitrogens with zero attached hydrogens (tertiary/aromatic N) is 3. The molecular weight excluding hydrogens is 370 g/mol. The van der Waals surface area contributed by atoms with E-state index in [0.717, 1.165) is 53.7 Å². The number of hydrogen-bond donors (Lipinski definition) is 2. The van der Waals surface area contributed by atoms with Gasteiger partial charge in [0, 0.05) is 50.6 Å². The molecule has 2 aromatic rings. The van der Waals surface area contributed by atoms with Gasteiger partial charge in [0.15, 0.2) is 5.96 Å². The van der Waals surface area contributed by atoms with Crippen LogP contribution in [0.25, 0.3) is 0 Å². The molecule has 0 saturated carbocycles. The van der Waals surface area contributed by atoms with Crippen molar-refractivity contribution in [2.45, 2.75) is 33.6 Å². The molecule has 0 spiro atoms. The van der Waals surface area contributed by atoms with E-state index in [1.54, 1.807) is 30.3 Å². The van der Waals surface area contributed by atoms with Crippen LogP contribution in [0.1, 0.15) is 38.4 Å². The minimum atomic E-state index is 0.0253. The van der Waals surface area contributed by atoms with Crippen molar-refractivity contribution in [2.24, 2.45) is 4.99 Å². The molecule has 7 heteroatoms. The molecule has 0 unspecified atom stereocenters. The van der Waals surface area contributed by atoms with Crippen LogP contribution in [0.4, 0.5) is 0 Å². The Labute approximate surface area is 172 Å². The van der Waals surface area contributed by atoms with Crippen molar-refractivity contribution >= 4 is 23.2 Å². The van der Waals surface area contributed by atoms with E-state index in [9.17, 15) is 4.79 Å². The van der Waals surface area contributed by atoms with Gasteiger partial charge in [-0.25, -0.2) is 4.98 Å². The lowest BCUT2D eigenvalue weighted by Crippen LogP contribution is -2.38. The van der Waals surface area contributed by atoms with Crippen LogP contribution in [0, 0.1) is 13.8 Å². The zero-order valence-corrected chi connectivity index (χ0v) is 18.3. The van der Waals surface area contributed by atoms with Crippen molar-refractivity contribution in [3.05, 3.63) is 51.0 Å². The number of hydrogen-bond acceptors (Lipinski definition) is 4. The van der Waals surface area contributed by atoms with Gasteiger partial charge in [-0.3, -0.25) is 9.79 Å². The molecule has 0 aliphatic carbocycles. The summed E-state index contributed by atoms with van der Waals surface area (Å²) >= 11 is 1.75. The molecule has 152 valence electrons. The summed E-state index contributed by atoms with van der Waals surface area (Å²) in [7, 11) is 3.54. The number of aliphatic imine (C=N–C) groups is 1. The third-order valence-corrected chi connectivity index (χ3v) is 5.43. The lowest BCUT2D eigenvalue weighted by atomic mass is 10.1. The number of benzene rings is 1. The highest BCUT2D eigenvalue weighted by Gasteiger charge is 2.08. The van der Waals surface area contributed by atoms with Crippen LogP contribution in [-0.2, 0) is 12.8 Å². The maximum atomic E-state index is 12.1. The molecule has 6 nitrogen and oxygen atoms in total. The Kier molecular flexibility index (Phi) is 8.44. The van der Waals surface area contributed by atoms with E-state index >= 15 is 0 Å². The Morgan fingerprint density at radius 3 is 2.64 bits per heavy atom. The predicted molar refractivity (Wildman–Crippen MR) is 117 cm³/mol. The summed E-state index contributed by atoms with van der Waals surface area (Å²) in [6.45, 7) is 8.47. The second-order valence-corrected chi connectivity index (χ2v) is 8.12. The number of rotatable bonds is 8. The third-order valence-electron chi connectivity index (χ3n) is 4.30. The first kappa shape index (κ1) is 21.9. The molecule has 0 radical (unpaired) electrons. The molecule has 0 bridgehead atoms. The quantitative estimate of drug-likeness (QED) is 0.527. The van der Waals surface area contributed by atoms with Gasteiger partial charge in [-0.05, 0) is 44.9 Å². The number of aryl methyl sites for hydroxylation is 2. The number of aromatic nitrogens is 1. The Balaban J connectivity index is 1.87. The van der Waals surface area contributed by atoms with E-state index in [-0.39, 0.29) is 5.91 Å². The molecule has 28 heavy (non-hydrogen) atoms. The Hall–Kier alpha value is -2.41. The molecule has 1 aromatic carbocycles. The maximum Gasteiger partial charge on any atom is 0.253 e. The highest BCUT2D eigenvalue weighted by Crippen LogP contribution is 2.16. The van der Waals surface area contributed by atoms with Crippen LogP contribution in [0.3, 0.4) is 0 Å². The van der Waals surface area contributed by atoms with Gasteiger partial charge in [-0.1, -0.05) is 12.1 Å². The van der Waals surface area contributed by atoms with Gasteiger partial charge in [0.25, 0.3) is 5.91 Å². The average Bonchev–Trinajstić information content (AvgIpc) is 2.98. The van der Waals surface area contributed by atoms with Gasteiger partial charge < -0.3 is 15.5 Å². The van der Waals surface area contributed by atoms with Crippen molar-refractivity contribution in [1.82, 2.24) is 20.5 Å². The average molecular weight is 402 g/mol. The second-order valence-electron chi connectivity index (χ2n) is 6.84. The summed E-state index contributed by atoms with van der Waals surface area (Å²) in [4.78, 5) is 24.2. The third kappa shape index (κ3) is 6.64. The van der Waals surface area contributed by atoms with Crippen LogP contribution in [0.2, 0.25) is 0 Å². The Morgan fingerprint density at radius 2 is 2.00 bits per heavy atom. The molecular formula is C21H31N5OS. The van der Waals surface area contributed by atoms with Crippen molar-refractivity contribution in [3.8, 4) is 0 Å². The zero-order valence-electron chi connectivity index (χ0n) is 17.5. The van der Waals surface area contributed by atoms with E-state index in [1.165, 1.54) is 4.88 Å². The summed E-state index contributed by atoms with van der Waals surface area (Å²) in [5.74, 6) is 0.838. The lowest BCUT2D eigenvalue weighted by Gasteiger charge is -2.13. The van der Waals surface area contributed by atoms with Crippen molar-refractivity contribution in [1.29, 1.82) is 0 Å². The first-order chi connectivity index (χ1) is 13.4. The van der Waals surface area contributed by atoms with Crippen molar-refractivity contribution in [3.63, 3.8) is 0 Å². The molecule has 1 amide bonds. The summed E-state index contributed by atoms with van der Waals surface area (Å²) in [6.07, 6.45) is 1.68. The SMILES string of the molecule is CCNC(=NCCc1nc(C)c(C)s1)NCCc1cccc(C(=O)N(C)C)c1. The van der Waals surface area contributed by atoms with Crippen LogP contribution < -0.4 is 10.6 Å². The van der Waals surface area contributed by atoms with Crippen LogP contribution in [0.5, 0.6) is 0 Å². The van der Waals surface area contributed by atoms with Gasteiger partial charge in [-0.15, -0.1) is 11.3 Å². The number of carbonyl (C=O) groups excluding carboxylic acids is 1. The van der Waals surface area contributed by atoms with Crippen molar-refractivity contribution < 1.29 is 4.79 Å². The Bertz CT molecular complexity index is 793. The van der Waals surface area contributed by atoms with E-state index < -0.39 is 0 Å². The van der Waals surface area contributed by atoms with E-state index in [1.807, 2.05) is 31.2 Å². The largest absolute Gasteiger partial charge is 0.357 e. The highest BCUT2D eigenvalue weighted by molar-refractivity contribution is 7.11. The normalized spacial score (nSPS) is 11.4. The monoisotopic (exact) mass is 401 g/mol. The van der Waals surface area contributed by atoms with Gasteiger partial charge in [0.2, 0.25) is 0 Å². The number of thiazole rings is 1. The molecule has 1 heterocycles. The molecule has 1 aromatic heterocycles. The topological polar surface area (TPSA) is 69.6 Å². The fourth-order valence-corrected chi connectivity index (χ4v) is 3.62. The summed E-state index contributed by atoms with van der Waals surface area (Å²) in [6, 6.07) is 7.79. The van der Waals surface area contributed by atoms with E-state index in [4.69, 9.17) is 0 Å². The lowest BCUT2D eigenvalue weighted by molar-refractivity contribution is 0.0827. The molecule has 0 fully saturated rings. The number of amides is 1. The predicted octanol–water partition coefficient (Wildman–Crippen LogP) is 2.80. The number of carbonyl (C=O) groups is 1. The fourth-order valence-electron chi connectivity index (χ4n) is 2.69. The van der Waals surface area contributed by atoms with Crippen LogP contribution in [-0.4, -0.2) is 55.5 Å². The van der Waals surface area contributed by atoms with Gasteiger partial charge in [0.05, 0.1) is 10.7 Å². The van der Waals surface area contributed by atoms with Gasteiger partial charge in [0.1, 0.15) is 0 Å². The molecule has 0 aliphatic rings. The maximum absolute atomic E-state index is 12.1. The van der Waals surface area contributed by atoms with Crippen LogP contribution >= 0.6 is 11.3 Å². The summed E-state index contributed by atoms with van der Waals surface area (Å²) in [5.41, 5.74) is 2.96. The number of guanidine groups is 1. The highest BCUT2D eigenvalue weighted by atomic mass is 32.1. The molecule has 0 aliphatic heterocycles. The smallest absolute Gasteiger partial charge is 0.253 e. The minimum absolute atomic E-state index is 0.0253. The zero-order chi connectivity index (χ0) is 20.5.